The Morgan fingerprint density at radius 1 is 0.205 bits per heavy atom. The van der Waals surface area contributed by atoms with Crippen LogP contribution in [0.2, 0.25) is 0 Å². The highest BCUT2D eigenvalue weighted by Crippen LogP contribution is 2.17. The quantitative estimate of drug-likeness (QED) is 0.0679. The highest BCUT2D eigenvalue weighted by Gasteiger charge is 1.97. The van der Waals surface area contributed by atoms with Gasteiger partial charge in [0.05, 0.1) is 0 Å². The second kappa shape index (κ2) is 38.4. The summed E-state index contributed by atoms with van der Waals surface area (Å²) in [5.74, 6) is 2.82. The van der Waals surface area contributed by atoms with Crippen molar-refractivity contribution in [1.82, 2.24) is 0 Å². The van der Waals surface area contributed by atoms with Crippen LogP contribution in [-0.2, 0) is 0 Å². The van der Waals surface area contributed by atoms with Gasteiger partial charge in [0.15, 0.2) is 0 Å². The Kier molecular flexibility index (Phi) is 38.7. The average molecular weight is 567 g/mol. The van der Waals surface area contributed by atoms with Crippen molar-refractivity contribution in [3.05, 3.63) is 0 Å². The Hall–Kier alpha value is 0.350. The molecule has 0 spiro atoms. The fraction of sp³-hybridized carbons (Fsp3) is 1.00. The largest absolute Gasteiger partial charge is 0.162 e. The predicted octanol–water partition coefficient (Wildman–Crippen LogP) is 15.0. The van der Waals surface area contributed by atoms with Gasteiger partial charge in [-0.15, -0.1) is 0 Å². The zero-order valence-corrected chi connectivity index (χ0v) is 28.7. The Bertz CT molecular complexity index is 356. The fourth-order valence-corrected chi connectivity index (χ4v) is 6.98. The summed E-state index contributed by atoms with van der Waals surface area (Å²) >= 11 is 2.22. The van der Waals surface area contributed by atoms with E-state index < -0.39 is 0 Å². The fourth-order valence-electron chi connectivity index (χ4n) is 5.96. The van der Waals surface area contributed by atoms with Gasteiger partial charge in [0.2, 0.25) is 0 Å². The molecule has 0 bridgehead atoms. The molecule has 0 aliphatic carbocycles. The van der Waals surface area contributed by atoms with E-state index in [-0.39, 0.29) is 0 Å². The predicted molar refractivity (Wildman–Crippen MR) is 186 cm³/mol. The summed E-state index contributed by atoms with van der Waals surface area (Å²) in [5.41, 5.74) is 0. The SMILES string of the molecule is CCCCCCCCCCCCCCCCCCCCCCCCCCCCSCCCCCCCCCC. The molecule has 1 heteroatoms. The number of thioether (sulfide) groups is 1. The van der Waals surface area contributed by atoms with Crippen molar-refractivity contribution in [3.63, 3.8) is 0 Å². The summed E-state index contributed by atoms with van der Waals surface area (Å²) in [6, 6.07) is 0. The lowest BCUT2D eigenvalue weighted by molar-refractivity contribution is 0.516. The maximum absolute atomic E-state index is 2.31. The first-order chi connectivity index (χ1) is 19.4. The van der Waals surface area contributed by atoms with Crippen molar-refractivity contribution < 1.29 is 0 Å². The van der Waals surface area contributed by atoms with Crippen LogP contribution in [0, 0.1) is 0 Å². The second-order valence-corrected chi connectivity index (χ2v) is 14.2. The molecule has 0 radical (unpaired) electrons. The number of hydrogen-bond donors (Lipinski definition) is 0. The summed E-state index contributed by atoms with van der Waals surface area (Å²) in [6.07, 6.45) is 50.2. The summed E-state index contributed by atoms with van der Waals surface area (Å²) in [5, 5.41) is 0. The molecule has 39 heavy (non-hydrogen) atoms. The standard InChI is InChI=1S/C38H78S/c1-3-5-7-9-11-13-14-15-16-17-18-19-20-21-22-23-24-25-26-27-28-29-30-32-34-36-38-39-37-35-33-31-12-10-8-6-4-2/h3-38H2,1-2H3. The van der Waals surface area contributed by atoms with E-state index >= 15 is 0 Å². The molecule has 0 aromatic heterocycles. The molecule has 0 rings (SSSR count). The summed E-state index contributed by atoms with van der Waals surface area (Å²) < 4.78 is 0. The third-order valence-corrected chi connectivity index (χ3v) is 9.94. The zero-order valence-electron chi connectivity index (χ0n) is 27.9. The smallest absolute Gasteiger partial charge is 0.00675 e. The highest BCUT2D eigenvalue weighted by molar-refractivity contribution is 7.99. The minimum atomic E-state index is 1.37. The lowest BCUT2D eigenvalue weighted by Gasteiger charge is -2.05. The van der Waals surface area contributed by atoms with Crippen LogP contribution in [0.15, 0.2) is 0 Å². The van der Waals surface area contributed by atoms with E-state index in [1.165, 1.54) is 230 Å². The van der Waals surface area contributed by atoms with Gasteiger partial charge in [-0.25, -0.2) is 0 Å². The molecule has 0 aromatic carbocycles. The molecule has 236 valence electrons. The molecule has 0 atom stereocenters. The molecule has 0 nitrogen and oxygen atoms in total. The van der Waals surface area contributed by atoms with Crippen molar-refractivity contribution in [2.45, 2.75) is 232 Å². The molecule has 0 fully saturated rings. The topological polar surface area (TPSA) is 0 Å². The molecule has 0 aliphatic rings. The van der Waals surface area contributed by atoms with Gasteiger partial charge in [-0.2, -0.15) is 11.8 Å². The third kappa shape index (κ3) is 38.4. The first-order valence-electron chi connectivity index (χ1n) is 19.0. The number of rotatable bonds is 36. The summed E-state index contributed by atoms with van der Waals surface area (Å²) in [4.78, 5) is 0. The van der Waals surface area contributed by atoms with Gasteiger partial charge in [0.25, 0.3) is 0 Å². The van der Waals surface area contributed by atoms with Crippen LogP contribution in [0.3, 0.4) is 0 Å². The van der Waals surface area contributed by atoms with E-state index in [1.54, 1.807) is 0 Å². The molecule has 0 amide bonds. The minimum Gasteiger partial charge on any atom is -0.162 e. The Morgan fingerprint density at radius 2 is 0.359 bits per heavy atom. The summed E-state index contributed by atoms with van der Waals surface area (Å²) in [7, 11) is 0. The van der Waals surface area contributed by atoms with E-state index in [9.17, 15) is 0 Å². The molecule has 0 aromatic rings. The van der Waals surface area contributed by atoms with Crippen LogP contribution >= 0.6 is 11.8 Å². The van der Waals surface area contributed by atoms with Gasteiger partial charge >= 0.3 is 0 Å². The number of hydrogen-bond acceptors (Lipinski definition) is 1. The minimum absolute atomic E-state index is 1.37. The van der Waals surface area contributed by atoms with Crippen LogP contribution in [0.5, 0.6) is 0 Å². The highest BCUT2D eigenvalue weighted by atomic mass is 32.2. The Balaban J connectivity index is 3.01. The first-order valence-corrected chi connectivity index (χ1v) is 20.1. The van der Waals surface area contributed by atoms with Crippen LogP contribution < -0.4 is 0 Å². The monoisotopic (exact) mass is 567 g/mol. The van der Waals surface area contributed by atoms with Gasteiger partial charge in [-0.3, -0.25) is 0 Å². The van der Waals surface area contributed by atoms with E-state index in [1.807, 2.05) is 0 Å². The van der Waals surface area contributed by atoms with Crippen LogP contribution in [0.25, 0.3) is 0 Å². The normalized spacial score (nSPS) is 11.5. The van der Waals surface area contributed by atoms with Crippen LogP contribution in [0.1, 0.15) is 232 Å². The van der Waals surface area contributed by atoms with Crippen molar-refractivity contribution >= 4 is 11.8 Å². The van der Waals surface area contributed by atoms with Crippen LogP contribution in [-0.4, -0.2) is 11.5 Å². The maximum atomic E-state index is 2.31. The second-order valence-electron chi connectivity index (χ2n) is 12.9. The van der Waals surface area contributed by atoms with Crippen molar-refractivity contribution in [2.75, 3.05) is 11.5 Å². The molecule has 0 saturated carbocycles. The molecular weight excluding hydrogens is 488 g/mol. The van der Waals surface area contributed by atoms with Gasteiger partial charge in [0, 0.05) is 0 Å². The van der Waals surface area contributed by atoms with Crippen molar-refractivity contribution in [3.8, 4) is 0 Å². The average Bonchev–Trinajstić information content (AvgIpc) is 2.95. The molecule has 0 aliphatic heterocycles. The lowest BCUT2D eigenvalue weighted by Crippen LogP contribution is -1.87. The maximum Gasteiger partial charge on any atom is -0.00675 e. The molecule has 0 heterocycles. The van der Waals surface area contributed by atoms with Gasteiger partial charge in [-0.1, -0.05) is 219 Å². The van der Waals surface area contributed by atoms with E-state index in [2.05, 4.69) is 25.6 Å². The third-order valence-electron chi connectivity index (χ3n) is 8.78. The number of unbranched alkanes of at least 4 members (excludes halogenated alkanes) is 32. The van der Waals surface area contributed by atoms with Gasteiger partial charge in [-0.05, 0) is 24.3 Å². The van der Waals surface area contributed by atoms with Crippen molar-refractivity contribution in [1.29, 1.82) is 0 Å². The van der Waals surface area contributed by atoms with E-state index in [0.29, 0.717) is 0 Å². The van der Waals surface area contributed by atoms with Gasteiger partial charge in [0.1, 0.15) is 0 Å². The molecular formula is C38H78S. The van der Waals surface area contributed by atoms with E-state index in [0.717, 1.165) is 0 Å². The molecule has 0 saturated heterocycles. The first kappa shape index (κ1) is 39.4. The van der Waals surface area contributed by atoms with Gasteiger partial charge < -0.3 is 0 Å². The van der Waals surface area contributed by atoms with Crippen LogP contribution in [0.4, 0.5) is 0 Å². The Labute approximate surface area is 254 Å². The zero-order chi connectivity index (χ0) is 28.2. The van der Waals surface area contributed by atoms with Crippen molar-refractivity contribution in [2.24, 2.45) is 0 Å². The van der Waals surface area contributed by atoms with E-state index in [4.69, 9.17) is 0 Å². The lowest BCUT2D eigenvalue weighted by atomic mass is 10.0. The molecule has 0 unspecified atom stereocenters. The Morgan fingerprint density at radius 3 is 0.538 bits per heavy atom. The molecule has 0 N–H and O–H groups in total. The summed E-state index contributed by atoms with van der Waals surface area (Å²) in [6.45, 7) is 4.62.